The Hall–Kier alpha value is -1.84. The zero-order valence-corrected chi connectivity index (χ0v) is 16.0. The SMILES string of the molecule is CCCCCCCCCCNC(=O)Cc1noc2c(C)cc(C)cc12. The van der Waals surface area contributed by atoms with Gasteiger partial charge in [-0.25, -0.2) is 0 Å². The number of hydrogen-bond donors (Lipinski definition) is 1. The van der Waals surface area contributed by atoms with Crippen molar-refractivity contribution in [1.29, 1.82) is 0 Å². The monoisotopic (exact) mass is 344 g/mol. The van der Waals surface area contributed by atoms with Crippen molar-refractivity contribution in [3.8, 4) is 0 Å². The average molecular weight is 344 g/mol. The van der Waals surface area contributed by atoms with Gasteiger partial charge in [-0.2, -0.15) is 0 Å². The van der Waals surface area contributed by atoms with Crippen LogP contribution in [0.2, 0.25) is 0 Å². The minimum absolute atomic E-state index is 0.0253. The van der Waals surface area contributed by atoms with E-state index in [0.29, 0.717) is 0 Å². The van der Waals surface area contributed by atoms with Gasteiger partial charge in [-0.1, -0.05) is 63.1 Å². The molecule has 0 saturated carbocycles. The van der Waals surface area contributed by atoms with Crippen molar-refractivity contribution in [2.24, 2.45) is 0 Å². The molecule has 0 unspecified atom stereocenters. The molecule has 0 atom stereocenters. The van der Waals surface area contributed by atoms with Crippen LogP contribution in [-0.2, 0) is 11.2 Å². The van der Waals surface area contributed by atoms with Crippen molar-refractivity contribution in [2.45, 2.75) is 78.6 Å². The van der Waals surface area contributed by atoms with Crippen LogP contribution in [0.1, 0.15) is 75.1 Å². The second-order valence-electron chi connectivity index (χ2n) is 7.09. The number of rotatable bonds is 11. The number of carbonyl (C=O) groups excluding carboxylic acids is 1. The first-order valence-corrected chi connectivity index (χ1v) is 9.74. The van der Waals surface area contributed by atoms with E-state index in [1.54, 1.807) is 0 Å². The highest BCUT2D eigenvalue weighted by Gasteiger charge is 2.14. The van der Waals surface area contributed by atoms with Crippen LogP contribution in [0.3, 0.4) is 0 Å². The molecular weight excluding hydrogens is 312 g/mol. The fourth-order valence-electron chi connectivity index (χ4n) is 3.27. The van der Waals surface area contributed by atoms with E-state index in [0.717, 1.165) is 40.8 Å². The summed E-state index contributed by atoms with van der Waals surface area (Å²) in [6, 6.07) is 4.11. The van der Waals surface area contributed by atoms with Crippen molar-refractivity contribution in [1.82, 2.24) is 10.5 Å². The molecule has 1 aromatic carbocycles. The highest BCUT2D eigenvalue weighted by atomic mass is 16.5. The number of benzene rings is 1. The van der Waals surface area contributed by atoms with Crippen LogP contribution < -0.4 is 5.32 Å². The Morgan fingerprint density at radius 2 is 1.72 bits per heavy atom. The number of aromatic nitrogens is 1. The van der Waals surface area contributed by atoms with E-state index >= 15 is 0 Å². The molecule has 1 amide bonds. The summed E-state index contributed by atoms with van der Waals surface area (Å²) < 4.78 is 5.40. The van der Waals surface area contributed by atoms with Crippen molar-refractivity contribution < 1.29 is 9.32 Å². The molecular formula is C21H32N2O2. The minimum Gasteiger partial charge on any atom is -0.356 e. The van der Waals surface area contributed by atoms with Crippen LogP contribution in [0, 0.1) is 13.8 Å². The van der Waals surface area contributed by atoms with Crippen molar-refractivity contribution in [3.63, 3.8) is 0 Å². The molecule has 0 aliphatic heterocycles. The van der Waals surface area contributed by atoms with Gasteiger partial charge in [0.2, 0.25) is 5.91 Å². The third-order valence-corrected chi connectivity index (χ3v) is 4.66. The summed E-state index contributed by atoms with van der Waals surface area (Å²) in [5, 5.41) is 8.06. The lowest BCUT2D eigenvalue weighted by atomic mass is 10.1. The third-order valence-electron chi connectivity index (χ3n) is 4.66. The molecule has 1 N–H and O–H groups in total. The quantitative estimate of drug-likeness (QED) is 0.567. The number of hydrogen-bond acceptors (Lipinski definition) is 3. The Morgan fingerprint density at radius 1 is 1.04 bits per heavy atom. The van der Waals surface area contributed by atoms with E-state index in [1.807, 2.05) is 19.9 Å². The molecule has 2 rings (SSSR count). The number of aryl methyl sites for hydroxylation is 2. The molecule has 0 aliphatic carbocycles. The number of nitrogens with zero attached hydrogens (tertiary/aromatic N) is 1. The predicted molar refractivity (Wildman–Crippen MR) is 103 cm³/mol. The Kier molecular flexibility index (Phi) is 7.96. The number of fused-ring (bicyclic) bond motifs is 1. The summed E-state index contributed by atoms with van der Waals surface area (Å²) in [4.78, 5) is 12.1. The van der Waals surface area contributed by atoms with Crippen molar-refractivity contribution in [2.75, 3.05) is 6.54 Å². The fraction of sp³-hybridized carbons (Fsp3) is 0.619. The molecule has 0 spiro atoms. The predicted octanol–water partition coefficient (Wildman–Crippen LogP) is 5.24. The van der Waals surface area contributed by atoms with E-state index < -0.39 is 0 Å². The number of nitrogens with one attached hydrogen (secondary N) is 1. The summed E-state index contributed by atoms with van der Waals surface area (Å²) in [5.41, 5.74) is 3.74. The van der Waals surface area contributed by atoms with E-state index in [1.165, 1.54) is 44.9 Å². The van der Waals surface area contributed by atoms with E-state index in [4.69, 9.17) is 4.52 Å². The summed E-state index contributed by atoms with van der Waals surface area (Å²) in [6.07, 6.45) is 10.5. The summed E-state index contributed by atoms with van der Waals surface area (Å²) in [7, 11) is 0. The van der Waals surface area contributed by atoms with Crippen LogP contribution in [0.5, 0.6) is 0 Å². The normalized spacial score (nSPS) is 11.2. The highest BCUT2D eigenvalue weighted by molar-refractivity contribution is 5.88. The average Bonchev–Trinajstić information content (AvgIpc) is 2.96. The summed E-state index contributed by atoms with van der Waals surface area (Å²) >= 11 is 0. The first-order chi connectivity index (χ1) is 12.1. The van der Waals surface area contributed by atoms with E-state index in [2.05, 4.69) is 23.5 Å². The van der Waals surface area contributed by atoms with Gasteiger partial charge in [-0.05, 0) is 37.5 Å². The van der Waals surface area contributed by atoms with Gasteiger partial charge in [0.1, 0.15) is 5.69 Å². The number of carbonyl (C=O) groups is 1. The molecule has 2 aromatic rings. The fourth-order valence-corrected chi connectivity index (χ4v) is 3.27. The minimum atomic E-state index is 0.0253. The van der Waals surface area contributed by atoms with Gasteiger partial charge in [-0.3, -0.25) is 4.79 Å². The lowest BCUT2D eigenvalue weighted by Gasteiger charge is -2.05. The lowest BCUT2D eigenvalue weighted by Crippen LogP contribution is -2.26. The third kappa shape index (κ3) is 6.18. The van der Waals surface area contributed by atoms with Gasteiger partial charge in [0.05, 0.1) is 6.42 Å². The first-order valence-electron chi connectivity index (χ1n) is 9.74. The Balaban J connectivity index is 1.68. The molecule has 0 aliphatic rings. The van der Waals surface area contributed by atoms with Gasteiger partial charge in [0.15, 0.2) is 5.58 Å². The van der Waals surface area contributed by atoms with Gasteiger partial charge < -0.3 is 9.84 Å². The standard InChI is InChI=1S/C21H32N2O2/c1-4-5-6-7-8-9-10-11-12-22-20(24)15-19-18-14-16(2)13-17(3)21(18)25-23-19/h13-14H,4-12,15H2,1-3H3,(H,22,24). The maximum atomic E-state index is 12.1. The molecule has 0 saturated heterocycles. The molecule has 25 heavy (non-hydrogen) atoms. The van der Waals surface area contributed by atoms with Gasteiger partial charge in [0.25, 0.3) is 0 Å². The van der Waals surface area contributed by atoms with E-state index in [9.17, 15) is 4.79 Å². The molecule has 0 fully saturated rings. The summed E-state index contributed by atoms with van der Waals surface area (Å²) in [5.74, 6) is 0.0253. The Morgan fingerprint density at radius 3 is 2.44 bits per heavy atom. The highest BCUT2D eigenvalue weighted by Crippen LogP contribution is 2.24. The molecule has 1 aromatic heterocycles. The topological polar surface area (TPSA) is 55.1 Å². The molecule has 138 valence electrons. The van der Waals surface area contributed by atoms with Crippen LogP contribution in [-0.4, -0.2) is 17.6 Å². The van der Waals surface area contributed by atoms with Crippen LogP contribution >= 0.6 is 0 Å². The zero-order chi connectivity index (χ0) is 18.1. The molecule has 0 radical (unpaired) electrons. The Labute approximate surface area is 151 Å². The molecule has 4 nitrogen and oxygen atoms in total. The van der Waals surface area contributed by atoms with Crippen molar-refractivity contribution in [3.05, 3.63) is 29.0 Å². The van der Waals surface area contributed by atoms with Crippen molar-refractivity contribution >= 4 is 16.9 Å². The molecule has 0 bridgehead atoms. The van der Waals surface area contributed by atoms with Crippen LogP contribution in [0.15, 0.2) is 16.7 Å². The number of unbranched alkanes of at least 4 members (excludes halogenated alkanes) is 7. The van der Waals surface area contributed by atoms with Gasteiger partial charge >= 0.3 is 0 Å². The van der Waals surface area contributed by atoms with Crippen LogP contribution in [0.4, 0.5) is 0 Å². The second-order valence-corrected chi connectivity index (χ2v) is 7.09. The largest absolute Gasteiger partial charge is 0.356 e. The lowest BCUT2D eigenvalue weighted by molar-refractivity contribution is -0.120. The number of amides is 1. The summed E-state index contributed by atoms with van der Waals surface area (Å²) in [6.45, 7) is 7.05. The van der Waals surface area contributed by atoms with Gasteiger partial charge in [-0.15, -0.1) is 0 Å². The Bertz CT molecular complexity index is 676. The zero-order valence-electron chi connectivity index (χ0n) is 16.0. The smallest absolute Gasteiger partial charge is 0.226 e. The van der Waals surface area contributed by atoms with Gasteiger partial charge in [0, 0.05) is 11.9 Å². The maximum absolute atomic E-state index is 12.1. The van der Waals surface area contributed by atoms with E-state index in [-0.39, 0.29) is 12.3 Å². The molecule has 4 heteroatoms. The van der Waals surface area contributed by atoms with Crippen LogP contribution in [0.25, 0.3) is 11.0 Å². The second kappa shape index (κ2) is 10.2. The molecule has 1 heterocycles. The maximum Gasteiger partial charge on any atom is 0.226 e. The first kappa shape index (κ1) is 19.5.